The molecule has 3 N–H and O–H groups in total. The van der Waals surface area contributed by atoms with Crippen molar-refractivity contribution in [2.24, 2.45) is 5.73 Å². The van der Waals surface area contributed by atoms with Gasteiger partial charge in [-0.3, -0.25) is 0 Å². The molecule has 0 amide bonds. The van der Waals surface area contributed by atoms with Crippen LogP contribution < -0.4 is 11.1 Å². The zero-order valence-electron chi connectivity index (χ0n) is 8.47. The number of ether oxygens (including phenoxy) is 1. The molecule has 0 aromatic rings. The second-order valence-corrected chi connectivity index (χ2v) is 3.40. The summed E-state index contributed by atoms with van der Waals surface area (Å²) in [6.07, 6.45) is 2.16. The average Bonchev–Trinajstić information content (AvgIpc) is 2.00. The zero-order valence-corrected chi connectivity index (χ0v) is 8.47. The minimum absolute atomic E-state index is 0.457. The molecule has 0 fully saturated rings. The molecule has 3 nitrogen and oxygen atoms in total. The van der Waals surface area contributed by atoms with Crippen molar-refractivity contribution in [1.82, 2.24) is 5.32 Å². The number of hydrogen-bond donors (Lipinski definition) is 2. The summed E-state index contributed by atoms with van der Waals surface area (Å²) in [4.78, 5) is 0. The van der Waals surface area contributed by atoms with Crippen LogP contribution in [0.2, 0.25) is 0 Å². The highest BCUT2D eigenvalue weighted by atomic mass is 16.5. The molecule has 0 saturated carbocycles. The van der Waals surface area contributed by atoms with Crippen molar-refractivity contribution in [3.05, 3.63) is 0 Å². The SMILES string of the molecule is COCC(CCCN)NC(C)C. The van der Waals surface area contributed by atoms with Gasteiger partial charge in [-0.05, 0) is 19.4 Å². The van der Waals surface area contributed by atoms with Gasteiger partial charge in [0.2, 0.25) is 0 Å². The Hall–Kier alpha value is -0.120. The number of nitrogens with one attached hydrogen (secondary N) is 1. The van der Waals surface area contributed by atoms with Gasteiger partial charge >= 0.3 is 0 Å². The molecule has 1 unspecified atom stereocenters. The molecule has 0 spiro atoms. The molecule has 0 rings (SSSR count). The molecule has 12 heavy (non-hydrogen) atoms. The van der Waals surface area contributed by atoms with Crippen LogP contribution in [0.4, 0.5) is 0 Å². The summed E-state index contributed by atoms with van der Waals surface area (Å²) in [5.41, 5.74) is 5.44. The molecule has 0 heterocycles. The van der Waals surface area contributed by atoms with E-state index in [9.17, 15) is 0 Å². The molecule has 3 heteroatoms. The second kappa shape index (κ2) is 7.53. The van der Waals surface area contributed by atoms with Crippen molar-refractivity contribution < 1.29 is 4.74 Å². The molecular formula is C9H22N2O. The minimum atomic E-state index is 0.457. The van der Waals surface area contributed by atoms with E-state index in [0.717, 1.165) is 26.0 Å². The highest BCUT2D eigenvalue weighted by Gasteiger charge is 2.07. The van der Waals surface area contributed by atoms with Gasteiger partial charge in [0.25, 0.3) is 0 Å². The van der Waals surface area contributed by atoms with E-state index in [2.05, 4.69) is 19.2 Å². The van der Waals surface area contributed by atoms with Gasteiger partial charge in [0.05, 0.1) is 6.61 Å². The maximum absolute atomic E-state index is 5.44. The van der Waals surface area contributed by atoms with E-state index in [4.69, 9.17) is 10.5 Å². The van der Waals surface area contributed by atoms with Crippen LogP contribution in [0, 0.1) is 0 Å². The molecule has 0 aliphatic heterocycles. The smallest absolute Gasteiger partial charge is 0.0615 e. The van der Waals surface area contributed by atoms with Gasteiger partial charge in [-0.2, -0.15) is 0 Å². The third-order valence-electron chi connectivity index (χ3n) is 1.69. The standard InChI is InChI=1S/C9H22N2O/c1-8(2)11-9(7-12-3)5-4-6-10/h8-9,11H,4-7,10H2,1-3H3. The first-order chi connectivity index (χ1) is 5.70. The van der Waals surface area contributed by atoms with Crippen LogP contribution in [-0.4, -0.2) is 32.3 Å². The van der Waals surface area contributed by atoms with E-state index in [1.165, 1.54) is 0 Å². The van der Waals surface area contributed by atoms with Crippen LogP contribution in [-0.2, 0) is 4.74 Å². The molecule has 0 saturated heterocycles. The van der Waals surface area contributed by atoms with Gasteiger partial charge in [0.1, 0.15) is 0 Å². The van der Waals surface area contributed by atoms with Crippen molar-refractivity contribution in [3.63, 3.8) is 0 Å². The largest absolute Gasteiger partial charge is 0.383 e. The fourth-order valence-electron chi connectivity index (χ4n) is 1.25. The maximum atomic E-state index is 5.44. The van der Waals surface area contributed by atoms with Crippen LogP contribution in [0.5, 0.6) is 0 Å². The lowest BCUT2D eigenvalue weighted by Crippen LogP contribution is -2.38. The lowest BCUT2D eigenvalue weighted by molar-refractivity contribution is 0.158. The maximum Gasteiger partial charge on any atom is 0.0615 e. The van der Waals surface area contributed by atoms with Crippen molar-refractivity contribution in [2.75, 3.05) is 20.3 Å². The van der Waals surface area contributed by atoms with Crippen molar-refractivity contribution >= 4 is 0 Å². The van der Waals surface area contributed by atoms with Crippen LogP contribution in [0.1, 0.15) is 26.7 Å². The van der Waals surface area contributed by atoms with E-state index in [0.29, 0.717) is 12.1 Å². The Morgan fingerprint density at radius 2 is 2.08 bits per heavy atom. The fraction of sp³-hybridized carbons (Fsp3) is 1.00. The number of hydrogen-bond acceptors (Lipinski definition) is 3. The van der Waals surface area contributed by atoms with E-state index in [1.54, 1.807) is 7.11 Å². The lowest BCUT2D eigenvalue weighted by Gasteiger charge is -2.19. The summed E-state index contributed by atoms with van der Waals surface area (Å²) in [7, 11) is 1.73. The predicted molar refractivity (Wildman–Crippen MR) is 52.2 cm³/mol. The average molecular weight is 174 g/mol. The second-order valence-electron chi connectivity index (χ2n) is 3.40. The van der Waals surface area contributed by atoms with Crippen LogP contribution in [0.15, 0.2) is 0 Å². The Kier molecular flexibility index (Phi) is 7.45. The van der Waals surface area contributed by atoms with Gasteiger partial charge < -0.3 is 15.8 Å². The zero-order chi connectivity index (χ0) is 9.40. The summed E-state index contributed by atoms with van der Waals surface area (Å²) in [5, 5.41) is 3.44. The van der Waals surface area contributed by atoms with Gasteiger partial charge in [-0.25, -0.2) is 0 Å². The van der Waals surface area contributed by atoms with Gasteiger partial charge in [0.15, 0.2) is 0 Å². The number of methoxy groups -OCH3 is 1. The summed E-state index contributed by atoms with van der Waals surface area (Å²) >= 11 is 0. The fourth-order valence-corrected chi connectivity index (χ4v) is 1.25. The summed E-state index contributed by atoms with van der Waals surface area (Å²) < 4.78 is 5.10. The molecule has 0 aromatic carbocycles. The highest BCUT2D eigenvalue weighted by Crippen LogP contribution is 1.98. The van der Waals surface area contributed by atoms with Crippen LogP contribution >= 0.6 is 0 Å². The molecule has 0 aliphatic rings. The number of nitrogens with two attached hydrogens (primary N) is 1. The minimum Gasteiger partial charge on any atom is -0.383 e. The Balaban J connectivity index is 3.54. The normalized spacial score (nSPS) is 13.8. The quantitative estimate of drug-likeness (QED) is 0.598. The van der Waals surface area contributed by atoms with Gasteiger partial charge in [-0.15, -0.1) is 0 Å². The summed E-state index contributed by atoms with van der Waals surface area (Å²) in [5.74, 6) is 0. The third-order valence-corrected chi connectivity index (χ3v) is 1.69. The van der Waals surface area contributed by atoms with Crippen molar-refractivity contribution in [2.45, 2.75) is 38.8 Å². The van der Waals surface area contributed by atoms with Gasteiger partial charge in [0, 0.05) is 19.2 Å². The Bertz CT molecular complexity index is 96.5. The highest BCUT2D eigenvalue weighted by molar-refractivity contribution is 4.68. The lowest BCUT2D eigenvalue weighted by atomic mass is 10.1. The van der Waals surface area contributed by atoms with Gasteiger partial charge in [-0.1, -0.05) is 13.8 Å². The Morgan fingerprint density at radius 3 is 2.50 bits per heavy atom. The topological polar surface area (TPSA) is 47.3 Å². The van der Waals surface area contributed by atoms with Crippen LogP contribution in [0.3, 0.4) is 0 Å². The van der Waals surface area contributed by atoms with E-state index in [-0.39, 0.29) is 0 Å². The molecule has 0 aliphatic carbocycles. The number of rotatable bonds is 7. The molecule has 0 bridgehead atoms. The predicted octanol–water partition coefficient (Wildman–Crippen LogP) is 0.738. The molecule has 0 radical (unpaired) electrons. The van der Waals surface area contributed by atoms with E-state index >= 15 is 0 Å². The Labute approximate surface area is 75.7 Å². The summed E-state index contributed by atoms with van der Waals surface area (Å²) in [6, 6.07) is 0.974. The molecular weight excluding hydrogens is 152 g/mol. The Morgan fingerprint density at radius 1 is 1.42 bits per heavy atom. The molecule has 74 valence electrons. The van der Waals surface area contributed by atoms with Crippen LogP contribution in [0.25, 0.3) is 0 Å². The first kappa shape index (κ1) is 11.9. The first-order valence-electron chi connectivity index (χ1n) is 4.65. The van der Waals surface area contributed by atoms with Crippen molar-refractivity contribution in [3.8, 4) is 0 Å². The monoisotopic (exact) mass is 174 g/mol. The first-order valence-corrected chi connectivity index (χ1v) is 4.65. The van der Waals surface area contributed by atoms with E-state index in [1.807, 2.05) is 0 Å². The molecule has 1 atom stereocenters. The molecule has 0 aromatic heterocycles. The van der Waals surface area contributed by atoms with E-state index < -0.39 is 0 Å². The third kappa shape index (κ3) is 6.58. The van der Waals surface area contributed by atoms with Crippen molar-refractivity contribution in [1.29, 1.82) is 0 Å². The summed E-state index contributed by atoms with van der Waals surface area (Å²) in [6.45, 7) is 5.83.